The molecule has 0 radical (unpaired) electrons. The number of hydrogen-bond donors (Lipinski definition) is 1. The number of aromatic hydroxyl groups is 1. The smallest absolute Gasteiger partial charge is 0.296 e. The molecule has 5 aliphatic rings. The van der Waals surface area contributed by atoms with E-state index < -0.39 is 44.6 Å². The lowest BCUT2D eigenvalue weighted by molar-refractivity contribution is 0.0244. The summed E-state index contributed by atoms with van der Waals surface area (Å²) in [6, 6.07) is 4.15. The second-order valence-electron chi connectivity index (χ2n) is 11.5. The second-order valence-corrected chi connectivity index (χ2v) is 14.0. The maximum atomic E-state index is 14.1. The maximum absolute atomic E-state index is 14.1. The molecule has 3 aliphatic heterocycles. The van der Waals surface area contributed by atoms with Gasteiger partial charge in [0.15, 0.2) is 5.75 Å². The number of carbonyl (C=O) groups is 2. The molecule has 40 heavy (non-hydrogen) atoms. The fourth-order valence-corrected chi connectivity index (χ4v) is 9.22. The Hall–Kier alpha value is -2.96. The number of sulfonamides is 1. The number of halogens is 2. The lowest BCUT2D eigenvalue weighted by Crippen LogP contribution is -2.52. The Labute approximate surface area is 235 Å². The molecule has 2 aliphatic carbocycles. The van der Waals surface area contributed by atoms with Gasteiger partial charge < -0.3 is 14.9 Å². The molecular formula is C27H28ClFN4O6S. The van der Waals surface area contributed by atoms with Crippen LogP contribution in [0.3, 0.4) is 0 Å². The van der Waals surface area contributed by atoms with Crippen molar-refractivity contribution in [2.75, 3.05) is 31.9 Å². The minimum absolute atomic E-state index is 0.0436. The Balaban J connectivity index is 1.28. The number of fused-ring (bicyclic) bond motifs is 6. The zero-order chi connectivity index (χ0) is 28.1. The first-order valence-corrected chi connectivity index (χ1v) is 15.6. The second kappa shape index (κ2) is 8.77. The van der Waals surface area contributed by atoms with E-state index in [0.29, 0.717) is 36.4 Å². The zero-order valence-electron chi connectivity index (χ0n) is 21.6. The van der Waals surface area contributed by atoms with Gasteiger partial charge in [-0.25, -0.2) is 17.1 Å². The van der Waals surface area contributed by atoms with Crippen molar-refractivity contribution in [3.05, 3.63) is 61.8 Å². The van der Waals surface area contributed by atoms with Crippen molar-refractivity contribution >= 4 is 33.4 Å². The van der Waals surface area contributed by atoms with E-state index >= 15 is 0 Å². The summed E-state index contributed by atoms with van der Waals surface area (Å²) in [7, 11) is -3.37. The maximum Gasteiger partial charge on any atom is 0.296 e. The number of aromatic nitrogens is 1. The first kappa shape index (κ1) is 26.0. The van der Waals surface area contributed by atoms with Crippen molar-refractivity contribution in [3.8, 4) is 5.75 Å². The van der Waals surface area contributed by atoms with Crippen LogP contribution in [0, 0.1) is 17.7 Å². The van der Waals surface area contributed by atoms with E-state index in [2.05, 4.69) is 0 Å². The monoisotopic (exact) mass is 590 g/mol. The minimum Gasteiger partial charge on any atom is -0.502 e. The molecule has 0 bridgehead atoms. The topological polar surface area (TPSA) is 120 Å². The average Bonchev–Trinajstić information content (AvgIpc) is 3.41. The van der Waals surface area contributed by atoms with Gasteiger partial charge >= 0.3 is 0 Å². The Kier molecular flexibility index (Phi) is 5.69. The lowest BCUT2D eigenvalue weighted by atomic mass is 9.95. The summed E-state index contributed by atoms with van der Waals surface area (Å²) >= 11 is 5.90. The van der Waals surface area contributed by atoms with Crippen molar-refractivity contribution in [1.29, 1.82) is 0 Å². The highest BCUT2D eigenvalue weighted by Crippen LogP contribution is 2.64. The molecule has 4 heterocycles. The molecule has 212 valence electrons. The summed E-state index contributed by atoms with van der Waals surface area (Å²) in [6.07, 6.45) is 2.99. The first-order valence-electron chi connectivity index (χ1n) is 13.6. The molecule has 13 heteroatoms. The van der Waals surface area contributed by atoms with Crippen LogP contribution in [0.2, 0.25) is 5.02 Å². The van der Waals surface area contributed by atoms with Gasteiger partial charge in [0.2, 0.25) is 10.0 Å². The summed E-state index contributed by atoms with van der Waals surface area (Å²) in [5, 5.41) is 11.1. The largest absolute Gasteiger partial charge is 0.502 e. The summed E-state index contributed by atoms with van der Waals surface area (Å²) in [5.41, 5.74) is -0.841. The van der Waals surface area contributed by atoms with Gasteiger partial charge in [-0.05, 0) is 55.7 Å². The van der Waals surface area contributed by atoms with Crippen molar-refractivity contribution in [1.82, 2.24) is 18.7 Å². The molecule has 1 saturated heterocycles. The van der Waals surface area contributed by atoms with Crippen LogP contribution < -0.4 is 5.56 Å². The standard InChI is InChI=1S/C27H28ClFN4O6S/c28-19-12-15(2-3-20(19)29)14-30-8-5-17-21(24(30)35)23(34)26(37)33-22(17)25(36)32(27(33)6-4-16-13-18(16)27)10-9-31-7-1-11-40(31,38)39/h2-3,12,16,18,34H,1,4-11,13-14H2. The third kappa shape index (κ3) is 3.54. The molecule has 1 N–H and O–H groups in total. The van der Waals surface area contributed by atoms with Gasteiger partial charge in [-0.15, -0.1) is 0 Å². The predicted molar refractivity (Wildman–Crippen MR) is 142 cm³/mol. The Morgan fingerprint density at radius 3 is 2.58 bits per heavy atom. The Morgan fingerprint density at radius 1 is 1.12 bits per heavy atom. The third-order valence-corrected chi connectivity index (χ3v) is 11.7. The normalized spacial score (nSPS) is 28.4. The van der Waals surface area contributed by atoms with Crippen LogP contribution >= 0.6 is 11.6 Å². The molecule has 2 amide bonds. The van der Waals surface area contributed by atoms with Gasteiger partial charge in [0, 0.05) is 44.2 Å². The quantitative estimate of drug-likeness (QED) is 0.570. The van der Waals surface area contributed by atoms with Crippen molar-refractivity contribution in [3.63, 3.8) is 0 Å². The molecule has 7 rings (SSSR count). The number of hydrogen-bond acceptors (Lipinski definition) is 6. The molecule has 2 saturated carbocycles. The van der Waals surface area contributed by atoms with Crippen LogP contribution in [-0.2, 0) is 28.7 Å². The van der Waals surface area contributed by atoms with Crippen LogP contribution in [0.15, 0.2) is 23.0 Å². The van der Waals surface area contributed by atoms with E-state index in [9.17, 15) is 32.3 Å². The van der Waals surface area contributed by atoms with E-state index in [0.717, 1.165) is 12.8 Å². The zero-order valence-corrected chi connectivity index (χ0v) is 23.2. The number of benzene rings is 1. The van der Waals surface area contributed by atoms with Crippen molar-refractivity contribution < 1.29 is 27.5 Å². The number of nitrogens with zero attached hydrogens (tertiary/aromatic N) is 4. The molecule has 3 unspecified atom stereocenters. The van der Waals surface area contributed by atoms with E-state index in [1.165, 1.54) is 32.0 Å². The molecule has 2 aromatic rings. The highest BCUT2D eigenvalue weighted by atomic mass is 35.5. The van der Waals surface area contributed by atoms with Gasteiger partial charge in [-0.3, -0.25) is 19.0 Å². The number of rotatable bonds is 5. The molecule has 3 atom stereocenters. The predicted octanol–water partition coefficient (Wildman–Crippen LogP) is 2.12. The Morgan fingerprint density at radius 2 is 1.93 bits per heavy atom. The molecule has 3 fully saturated rings. The van der Waals surface area contributed by atoms with Crippen molar-refractivity contribution in [2.24, 2.45) is 11.8 Å². The number of amides is 2. The molecular weight excluding hydrogens is 563 g/mol. The molecule has 10 nitrogen and oxygen atoms in total. The van der Waals surface area contributed by atoms with Gasteiger partial charge in [0.25, 0.3) is 17.4 Å². The molecule has 1 spiro atoms. The summed E-state index contributed by atoms with van der Waals surface area (Å²) in [5.74, 6) is -1.75. The third-order valence-electron chi connectivity index (χ3n) is 9.42. The molecule has 1 aromatic heterocycles. The summed E-state index contributed by atoms with van der Waals surface area (Å²) in [4.78, 5) is 44.6. The fraction of sp³-hybridized carbons (Fsp3) is 0.519. The van der Waals surface area contributed by atoms with Crippen LogP contribution in [-0.4, -0.2) is 75.9 Å². The fourth-order valence-electron chi connectivity index (χ4n) is 7.50. The van der Waals surface area contributed by atoms with Gasteiger partial charge in [0.1, 0.15) is 17.2 Å². The van der Waals surface area contributed by atoms with E-state index in [1.54, 1.807) is 4.90 Å². The summed E-state index contributed by atoms with van der Waals surface area (Å²) < 4.78 is 41.3. The van der Waals surface area contributed by atoms with E-state index in [1.807, 2.05) is 0 Å². The van der Waals surface area contributed by atoms with E-state index in [-0.39, 0.29) is 60.6 Å². The van der Waals surface area contributed by atoms with Crippen LogP contribution in [0.1, 0.15) is 57.7 Å². The average molecular weight is 591 g/mol. The highest BCUT2D eigenvalue weighted by molar-refractivity contribution is 7.89. The lowest BCUT2D eigenvalue weighted by Gasteiger charge is -2.38. The highest BCUT2D eigenvalue weighted by Gasteiger charge is 2.67. The van der Waals surface area contributed by atoms with Gasteiger partial charge in [-0.1, -0.05) is 17.7 Å². The SMILES string of the molecule is O=C1c2c(c3n(c(=O)c2O)C2(CCC4CC42)N(CCN2CCCS2(=O)=O)C3=O)CCN1Cc1ccc(F)c(Cl)c1. The van der Waals surface area contributed by atoms with Crippen LogP contribution in [0.5, 0.6) is 5.75 Å². The number of carbonyl (C=O) groups excluding carboxylic acids is 2. The van der Waals surface area contributed by atoms with Gasteiger partial charge in [-0.2, -0.15) is 0 Å². The van der Waals surface area contributed by atoms with Crippen molar-refractivity contribution in [2.45, 2.75) is 44.3 Å². The minimum atomic E-state index is -3.37. The summed E-state index contributed by atoms with van der Waals surface area (Å²) in [6.45, 7) is 0.981. The van der Waals surface area contributed by atoms with Gasteiger partial charge in [0.05, 0.1) is 16.3 Å². The van der Waals surface area contributed by atoms with E-state index in [4.69, 9.17) is 11.6 Å². The van der Waals surface area contributed by atoms with Crippen LogP contribution in [0.4, 0.5) is 4.39 Å². The molecule has 1 aromatic carbocycles. The Bertz CT molecular complexity index is 1660. The first-order chi connectivity index (χ1) is 19.0. The van der Waals surface area contributed by atoms with Crippen LogP contribution in [0.25, 0.3) is 0 Å². The number of pyridine rings is 1.